The van der Waals surface area contributed by atoms with Crippen molar-refractivity contribution in [3.63, 3.8) is 0 Å². The van der Waals surface area contributed by atoms with Gasteiger partial charge < -0.3 is 14.9 Å². The van der Waals surface area contributed by atoms with Crippen LogP contribution >= 0.6 is 0 Å². The number of likely N-dealkylation sites (N-methyl/N-ethyl adjacent to an activating group) is 1. The third-order valence-electron chi connectivity index (χ3n) is 6.03. The zero-order chi connectivity index (χ0) is 18.9. The van der Waals surface area contributed by atoms with Crippen LogP contribution in [-0.2, 0) is 5.41 Å². The SMILES string of the molecule is CN1CCN(c2ncc(C(=O)O)c(C3(c4ccccc4)CCCC3)n2)CC1. The van der Waals surface area contributed by atoms with E-state index in [1.54, 1.807) is 0 Å². The largest absolute Gasteiger partial charge is 0.478 e. The molecular formula is C21H26N4O2. The molecule has 0 radical (unpaired) electrons. The molecule has 1 N–H and O–H groups in total. The van der Waals surface area contributed by atoms with E-state index in [1.165, 1.54) is 6.20 Å². The lowest BCUT2D eigenvalue weighted by atomic mass is 9.74. The van der Waals surface area contributed by atoms with Crippen LogP contribution in [0.1, 0.15) is 47.3 Å². The summed E-state index contributed by atoms with van der Waals surface area (Å²) in [6.07, 6.45) is 5.54. The van der Waals surface area contributed by atoms with E-state index in [9.17, 15) is 9.90 Å². The average molecular weight is 366 g/mol. The second-order valence-corrected chi connectivity index (χ2v) is 7.68. The molecule has 27 heavy (non-hydrogen) atoms. The number of piperazine rings is 1. The van der Waals surface area contributed by atoms with Crippen LogP contribution in [0.3, 0.4) is 0 Å². The molecule has 1 aliphatic heterocycles. The summed E-state index contributed by atoms with van der Waals surface area (Å²) in [5.41, 5.74) is 1.74. The summed E-state index contributed by atoms with van der Waals surface area (Å²) in [6, 6.07) is 10.3. The third kappa shape index (κ3) is 3.30. The lowest BCUT2D eigenvalue weighted by Crippen LogP contribution is -2.45. The van der Waals surface area contributed by atoms with Crippen molar-refractivity contribution in [2.45, 2.75) is 31.1 Å². The molecule has 142 valence electrons. The Labute approximate surface area is 159 Å². The summed E-state index contributed by atoms with van der Waals surface area (Å²) < 4.78 is 0. The molecule has 2 heterocycles. The average Bonchev–Trinajstić information content (AvgIpc) is 3.20. The highest BCUT2D eigenvalue weighted by Crippen LogP contribution is 2.47. The van der Waals surface area contributed by atoms with Crippen LogP contribution in [0.2, 0.25) is 0 Å². The van der Waals surface area contributed by atoms with E-state index in [4.69, 9.17) is 4.98 Å². The lowest BCUT2D eigenvalue weighted by molar-refractivity contribution is 0.0693. The smallest absolute Gasteiger partial charge is 0.339 e. The van der Waals surface area contributed by atoms with Gasteiger partial charge >= 0.3 is 5.97 Å². The van der Waals surface area contributed by atoms with E-state index < -0.39 is 5.97 Å². The highest BCUT2D eigenvalue weighted by molar-refractivity contribution is 5.89. The number of nitrogens with zero attached hydrogens (tertiary/aromatic N) is 4. The van der Waals surface area contributed by atoms with Gasteiger partial charge in [0.2, 0.25) is 5.95 Å². The first kappa shape index (κ1) is 17.9. The minimum absolute atomic E-state index is 0.235. The van der Waals surface area contributed by atoms with Crippen molar-refractivity contribution in [1.29, 1.82) is 0 Å². The molecule has 1 aliphatic carbocycles. The molecule has 4 rings (SSSR count). The molecule has 6 nitrogen and oxygen atoms in total. The molecular weight excluding hydrogens is 340 g/mol. The van der Waals surface area contributed by atoms with Gasteiger partial charge in [-0.2, -0.15) is 0 Å². The maximum absolute atomic E-state index is 12.0. The molecule has 0 spiro atoms. The minimum Gasteiger partial charge on any atom is -0.478 e. The van der Waals surface area contributed by atoms with Crippen molar-refractivity contribution in [2.24, 2.45) is 0 Å². The van der Waals surface area contributed by atoms with Gasteiger partial charge in [0.25, 0.3) is 0 Å². The molecule has 1 saturated carbocycles. The predicted molar refractivity (Wildman–Crippen MR) is 104 cm³/mol. The molecule has 0 unspecified atom stereocenters. The van der Waals surface area contributed by atoms with Gasteiger partial charge in [0.15, 0.2) is 0 Å². The van der Waals surface area contributed by atoms with E-state index >= 15 is 0 Å². The van der Waals surface area contributed by atoms with Gasteiger partial charge in [-0.15, -0.1) is 0 Å². The Morgan fingerprint density at radius 2 is 1.74 bits per heavy atom. The van der Waals surface area contributed by atoms with Crippen LogP contribution < -0.4 is 4.90 Å². The number of carboxylic acids is 1. The first-order chi connectivity index (χ1) is 13.1. The van der Waals surface area contributed by atoms with Crippen LogP contribution in [0.5, 0.6) is 0 Å². The van der Waals surface area contributed by atoms with E-state index in [-0.39, 0.29) is 11.0 Å². The van der Waals surface area contributed by atoms with E-state index in [1.807, 2.05) is 18.2 Å². The summed E-state index contributed by atoms with van der Waals surface area (Å²) in [7, 11) is 2.11. The second kappa shape index (κ2) is 7.27. The summed E-state index contributed by atoms with van der Waals surface area (Å²) in [5.74, 6) is -0.289. The molecule has 2 aromatic rings. The van der Waals surface area contributed by atoms with Gasteiger partial charge in [-0.05, 0) is 25.5 Å². The van der Waals surface area contributed by atoms with Gasteiger partial charge in [-0.25, -0.2) is 14.8 Å². The number of aromatic carboxylic acids is 1. The van der Waals surface area contributed by atoms with Gasteiger partial charge in [-0.3, -0.25) is 0 Å². The van der Waals surface area contributed by atoms with Crippen molar-refractivity contribution in [3.8, 4) is 0 Å². The second-order valence-electron chi connectivity index (χ2n) is 7.68. The van der Waals surface area contributed by atoms with Crippen molar-refractivity contribution in [2.75, 3.05) is 38.1 Å². The van der Waals surface area contributed by atoms with Crippen molar-refractivity contribution >= 4 is 11.9 Å². The molecule has 0 atom stereocenters. The van der Waals surface area contributed by atoms with Crippen molar-refractivity contribution in [1.82, 2.24) is 14.9 Å². The fourth-order valence-electron chi connectivity index (χ4n) is 4.45. The topological polar surface area (TPSA) is 69.6 Å². The number of carbonyl (C=O) groups is 1. The summed E-state index contributed by atoms with van der Waals surface area (Å²) in [6.45, 7) is 3.65. The Hall–Kier alpha value is -2.47. The number of hydrogen-bond donors (Lipinski definition) is 1. The van der Waals surface area contributed by atoms with Crippen LogP contribution in [0.25, 0.3) is 0 Å². The molecule has 0 bridgehead atoms. The van der Waals surface area contributed by atoms with Crippen molar-refractivity contribution in [3.05, 3.63) is 53.3 Å². The normalized spacial score (nSPS) is 20.0. The van der Waals surface area contributed by atoms with Gasteiger partial charge in [-0.1, -0.05) is 43.2 Å². The maximum Gasteiger partial charge on any atom is 0.339 e. The first-order valence-corrected chi connectivity index (χ1v) is 9.70. The number of anilines is 1. The summed E-state index contributed by atoms with van der Waals surface area (Å²) in [5, 5.41) is 9.82. The summed E-state index contributed by atoms with van der Waals surface area (Å²) in [4.78, 5) is 25.7. The van der Waals surface area contributed by atoms with Crippen LogP contribution in [0, 0.1) is 0 Å². The highest BCUT2D eigenvalue weighted by atomic mass is 16.4. The van der Waals surface area contributed by atoms with Gasteiger partial charge in [0.05, 0.1) is 5.69 Å². The van der Waals surface area contributed by atoms with Crippen LogP contribution in [-0.4, -0.2) is 59.2 Å². The standard InChI is InChI=1S/C21H26N4O2/c1-24-11-13-25(14-12-24)20-22-15-17(19(26)27)18(23-20)21(9-5-6-10-21)16-7-3-2-4-8-16/h2-4,7-8,15H,5-6,9-14H2,1H3,(H,26,27). The highest BCUT2D eigenvalue weighted by Gasteiger charge is 2.42. The monoisotopic (exact) mass is 366 g/mol. The lowest BCUT2D eigenvalue weighted by Gasteiger charge is -2.34. The first-order valence-electron chi connectivity index (χ1n) is 9.70. The molecule has 1 aromatic heterocycles. The Kier molecular flexibility index (Phi) is 4.83. The number of hydrogen-bond acceptors (Lipinski definition) is 5. The molecule has 0 amide bonds. The zero-order valence-electron chi connectivity index (χ0n) is 15.8. The fourth-order valence-corrected chi connectivity index (χ4v) is 4.45. The van der Waals surface area contributed by atoms with Crippen LogP contribution in [0.15, 0.2) is 36.5 Å². The summed E-state index contributed by atoms with van der Waals surface area (Å²) >= 11 is 0. The maximum atomic E-state index is 12.0. The third-order valence-corrected chi connectivity index (χ3v) is 6.03. The van der Waals surface area contributed by atoms with E-state index in [0.717, 1.165) is 57.4 Å². The minimum atomic E-state index is -0.947. The van der Waals surface area contributed by atoms with Crippen LogP contribution in [0.4, 0.5) is 5.95 Å². The van der Waals surface area contributed by atoms with Gasteiger partial charge in [0.1, 0.15) is 5.56 Å². The Bertz CT molecular complexity index is 810. The number of carboxylic acid groups (broad SMARTS) is 1. The molecule has 2 fully saturated rings. The van der Waals surface area contributed by atoms with Crippen molar-refractivity contribution < 1.29 is 9.90 Å². The molecule has 2 aliphatic rings. The number of aromatic nitrogens is 2. The molecule has 1 saturated heterocycles. The predicted octanol–water partition coefficient (Wildman–Crippen LogP) is 2.79. The fraction of sp³-hybridized carbons (Fsp3) is 0.476. The van der Waals surface area contributed by atoms with E-state index in [0.29, 0.717) is 11.6 Å². The molecule has 6 heteroatoms. The number of benzene rings is 1. The zero-order valence-corrected chi connectivity index (χ0v) is 15.8. The Morgan fingerprint density at radius 3 is 2.37 bits per heavy atom. The van der Waals surface area contributed by atoms with E-state index in [2.05, 4.69) is 34.0 Å². The van der Waals surface area contributed by atoms with Gasteiger partial charge in [0, 0.05) is 37.8 Å². The molecule has 1 aromatic carbocycles. The number of rotatable bonds is 4. The quantitative estimate of drug-likeness (QED) is 0.897. The Morgan fingerprint density at radius 1 is 1.07 bits per heavy atom. The Balaban J connectivity index is 1.81.